The number of alkyl halides is 2. The largest absolute Gasteiger partial charge is 0.458 e. The molecule has 0 aliphatic carbocycles. The van der Waals surface area contributed by atoms with Crippen LogP contribution in [0.1, 0.15) is 0 Å². The number of hydrogen-bond acceptors (Lipinski definition) is 7. The summed E-state index contributed by atoms with van der Waals surface area (Å²) < 4.78 is 32.1. The van der Waals surface area contributed by atoms with Gasteiger partial charge in [-0.1, -0.05) is 5.04 Å². The molecule has 0 atom stereocenters. The highest BCUT2D eigenvalue weighted by atomic mass is 32.2. The number of carbonyl (C=O) groups is 1. The highest BCUT2D eigenvalue weighted by Crippen LogP contribution is 2.30. The molecule has 0 rings (SSSR count). The van der Waals surface area contributed by atoms with E-state index in [-0.39, 0.29) is 0 Å². The van der Waals surface area contributed by atoms with Crippen LogP contribution in [0.3, 0.4) is 0 Å². The molecule has 0 bridgehead atoms. The Labute approximate surface area is 75.4 Å². The first-order valence-electron chi connectivity index (χ1n) is 2.86. The molecule has 0 saturated carbocycles. The van der Waals surface area contributed by atoms with Gasteiger partial charge in [-0.2, -0.15) is 8.78 Å². The normalized spacial score (nSPS) is 11.4. The Kier molecular flexibility index (Phi) is 5.82. The van der Waals surface area contributed by atoms with E-state index in [0.717, 1.165) is 0 Å². The Balaban J connectivity index is 3.87. The van der Waals surface area contributed by atoms with Gasteiger partial charge in [0.15, 0.2) is 0 Å². The van der Waals surface area contributed by atoms with Gasteiger partial charge in [0.2, 0.25) is 0 Å². The SMILES string of the molecule is O=C(OCCO)C(F)(F)SOOO. The Morgan fingerprint density at radius 3 is 2.62 bits per heavy atom. The maximum absolute atomic E-state index is 12.4. The Bertz CT molecular complexity index is 165. The van der Waals surface area contributed by atoms with E-state index in [0.29, 0.717) is 0 Å². The maximum atomic E-state index is 12.4. The number of aliphatic hydroxyl groups excluding tert-OH is 1. The predicted molar refractivity (Wildman–Crippen MR) is 35.4 cm³/mol. The lowest BCUT2D eigenvalue weighted by Gasteiger charge is -2.10. The molecule has 0 aromatic heterocycles. The van der Waals surface area contributed by atoms with Crippen LogP contribution in [0.15, 0.2) is 0 Å². The second-order valence-corrected chi connectivity index (χ2v) is 2.42. The number of rotatable bonds is 6. The number of hydrogen-bond donors (Lipinski definition) is 2. The van der Waals surface area contributed by atoms with E-state index in [1.807, 2.05) is 0 Å². The molecule has 0 aromatic rings. The molecule has 0 radical (unpaired) electrons. The summed E-state index contributed by atoms with van der Waals surface area (Å²) >= 11 is -0.724. The van der Waals surface area contributed by atoms with Crippen LogP contribution < -0.4 is 0 Å². The minimum atomic E-state index is -4.00. The number of halogens is 2. The molecule has 0 unspecified atom stereocenters. The molecule has 9 heteroatoms. The van der Waals surface area contributed by atoms with Crippen LogP contribution in [0.2, 0.25) is 0 Å². The third kappa shape index (κ3) is 4.95. The molecule has 0 amide bonds. The average Bonchev–Trinajstić information content (AvgIpc) is 2.10. The molecule has 0 aromatic carbocycles. The van der Waals surface area contributed by atoms with Crippen molar-refractivity contribution in [2.24, 2.45) is 0 Å². The van der Waals surface area contributed by atoms with Gasteiger partial charge in [0.05, 0.1) is 6.61 Å². The second kappa shape index (κ2) is 6.05. The van der Waals surface area contributed by atoms with Crippen molar-refractivity contribution in [1.29, 1.82) is 0 Å². The summed E-state index contributed by atoms with van der Waals surface area (Å²) in [6.07, 6.45) is 0. The van der Waals surface area contributed by atoms with Crippen LogP contribution in [-0.4, -0.2) is 34.8 Å². The second-order valence-electron chi connectivity index (χ2n) is 1.60. The first-order chi connectivity index (χ1) is 6.04. The van der Waals surface area contributed by atoms with Crippen molar-refractivity contribution >= 4 is 18.0 Å². The summed E-state index contributed by atoms with van der Waals surface area (Å²) in [4.78, 5) is 10.4. The minimum absolute atomic E-state index is 0.547. The molecular weight excluding hydrogens is 214 g/mol. The number of aliphatic hydroxyl groups is 1. The minimum Gasteiger partial charge on any atom is -0.458 e. The Morgan fingerprint density at radius 2 is 2.15 bits per heavy atom. The van der Waals surface area contributed by atoms with E-state index >= 15 is 0 Å². The molecule has 78 valence electrons. The first kappa shape index (κ1) is 12.5. The van der Waals surface area contributed by atoms with E-state index in [1.165, 1.54) is 0 Å². The van der Waals surface area contributed by atoms with Crippen molar-refractivity contribution in [3.63, 3.8) is 0 Å². The molecule has 2 N–H and O–H groups in total. The maximum Gasteiger partial charge on any atom is 0.415 e. The molecule has 13 heavy (non-hydrogen) atoms. The number of ether oxygens (including phenoxy) is 1. The van der Waals surface area contributed by atoms with E-state index < -0.39 is 36.5 Å². The Hall–Kier alpha value is -0.480. The smallest absolute Gasteiger partial charge is 0.415 e. The van der Waals surface area contributed by atoms with E-state index in [1.54, 1.807) is 0 Å². The lowest BCUT2D eigenvalue weighted by Crippen LogP contribution is -2.28. The summed E-state index contributed by atoms with van der Waals surface area (Å²) in [5, 5.41) is 14.5. The first-order valence-corrected chi connectivity index (χ1v) is 3.60. The van der Waals surface area contributed by atoms with Crippen molar-refractivity contribution in [1.82, 2.24) is 0 Å². The van der Waals surface area contributed by atoms with Gasteiger partial charge < -0.3 is 9.84 Å². The fourth-order valence-corrected chi connectivity index (χ4v) is 0.557. The predicted octanol–water partition coefficient (Wildman–Crippen LogP) is 0.184. The molecule has 0 spiro atoms. The lowest BCUT2D eigenvalue weighted by molar-refractivity contribution is -0.433. The fourth-order valence-electron chi connectivity index (χ4n) is 0.314. The van der Waals surface area contributed by atoms with Crippen molar-refractivity contribution in [2.75, 3.05) is 13.2 Å². The summed E-state index contributed by atoms with van der Waals surface area (Å²) in [7, 11) is 0. The van der Waals surface area contributed by atoms with Gasteiger partial charge in [-0.25, -0.2) is 10.1 Å². The van der Waals surface area contributed by atoms with Gasteiger partial charge in [0, 0.05) is 0 Å². The van der Waals surface area contributed by atoms with Crippen LogP contribution in [0.4, 0.5) is 8.78 Å². The van der Waals surface area contributed by atoms with Crippen LogP contribution in [0, 0.1) is 0 Å². The van der Waals surface area contributed by atoms with Crippen molar-refractivity contribution in [2.45, 2.75) is 5.25 Å². The van der Waals surface area contributed by atoms with Gasteiger partial charge in [-0.05, 0) is 0 Å². The summed E-state index contributed by atoms with van der Waals surface area (Å²) in [6.45, 7) is -1.11. The zero-order chi connectivity index (χ0) is 10.3. The lowest BCUT2D eigenvalue weighted by atomic mass is 10.7. The van der Waals surface area contributed by atoms with Crippen LogP contribution in [0.5, 0.6) is 0 Å². The van der Waals surface area contributed by atoms with Gasteiger partial charge in [-0.15, -0.1) is 4.33 Å². The fraction of sp³-hybridized carbons (Fsp3) is 0.750. The topological polar surface area (TPSA) is 85.2 Å². The molecule has 0 heterocycles. The zero-order valence-electron chi connectivity index (χ0n) is 6.11. The highest BCUT2D eigenvalue weighted by Gasteiger charge is 2.43. The van der Waals surface area contributed by atoms with E-state index in [2.05, 4.69) is 14.1 Å². The highest BCUT2D eigenvalue weighted by molar-refractivity contribution is 7.96. The molecule has 0 aliphatic rings. The zero-order valence-corrected chi connectivity index (χ0v) is 6.92. The van der Waals surface area contributed by atoms with Crippen LogP contribution in [-0.2, 0) is 18.9 Å². The van der Waals surface area contributed by atoms with Gasteiger partial charge in [-0.3, -0.25) is 0 Å². The van der Waals surface area contributed by atoms with Gasteiger partial charge >= 0.3 is 11.2 Å². The molecule has 6 nitrogen and oxygen atoms in total. The number of carbonyl (C=O) groups excluding carboxylic acids is 1. The molecule has 0 saturated heterocycles. The third-order valence-corrected chi connectivity index (χ3v) is 1.24. The van der Waals surface area contributed by atoms with Crippen molar-refractivity contribution in [3.05, 3.63) is 0 Å². The molecule has 0 fully saturated rings. The third-order valence-electron chi connectivity index (χ3n) is 0.731. The standard InChI is InChI=1S/C4H6F2O6S/c5-4(6,13-12-11-9)3(8)10-2-1-7/h7,9H,1-2H2. The van der Waals surface area contributed by atoms with E-state index in [4.69, 9.17) is 10.4 Å². The van der Waals surface area contributed by atoms with Crippen molar-refractivity contribution < 1.29 is 38.0 Å². The summed E-state index contributed by atoms with van der Waals surface area (Å²) in [5.41, 5.74) is 0. The van der Waals surface area contributed by atoms with Gasteiger partial charge in [0.1, 0.15) is 18.6 Å². The van der Waals surface area contributed by atoms with Crippen LogP contribution in [0.25, 0.3) is 0 Å². The molecule has 0 aliphatic heterocycles. The van der Waals surface area contributed by atoms with Crippen molar-refractivity contribution in [3.8, 4) is 0 Å². The quantitative estimate of drug-likeness (QED) is 0.286. The molecular formula is C4H6F2O6S. The monoisotopic (exact) mass is 220 g/mol. The average molecular weight is 220 g/mol. The van der Waals surface area contributed by atoms with Gasteiger partial charge in [0.25, 0.3) is 0 Å². The van der Waals surface area contributed by atoms with E-state index in [9.17, 15) is 13.6 Å². The summed E-state index contributed by atoms with van der Waals surface area (Å²) in [5.74, 6) is -1.90. The Morgan fingerprint density at radius 1 is 1.54 bits per heavy atom. The van der Waals surface area contributed by atoms with Crippen LogP contribution >= 0.6 is 12.0 Å². The summed E-state index contributed by atoms with van der Waals surface area (Å²) in [6, 6.07) is 0. The number of esters is 1.